The van der Waals surface area contributed by atoms with Gasteiger partial charge in [0.1, 0.15) is 6.10 Å². The minimum atomic E-state index is 0.304. The molecule has 1 aromatic carbocycles. The molecule has 1 aromatic heterocycles. The predicted molar refractivity (Wildman–Crippen MR) is 81.7 cm³/mol. The van der Waals surface area contributed by atoms with E-state index in [-0.39, 0.29) is 0 Å². The maximum atomic E-state index is 6.19. The fourth-order valence-corrected chi connectivity index (χ4v) is 3.13. The number of nitrogens with zero attached hydrogens (tertiary/aromatic N) is 1. The molecule has 2 aromatic rings. The lowest BCUT2D eigenvalue weighted by Crippen LogP contribution is -2.24. The van der Waals surface area contributed by atoms with Gasteiger partial charge in [0, 0.05) is 18.1 Å². The number of ether oxygens (including phenoxy) is 1. The minimum absolute atomic E-state index is 0.304. The normalized spacial score (nSPS) is 22.9. The third-order valence-corrected chi connectivity index (χ3v) is 4.23. The maximum absolute atomic E-state index is 6.19. The van der Waals surface area contributed by atoms with E-state index in [9.17, 15) is 0 Å². The summed E-state index contributed by atoms with van der Waals surface area (Å²) in [7, 11) is 0. The van der Waals surface area contributed by atoms with Crippen molar-refractivity contribution in [2.24, 2.45) is 11.7 Å². The Hall–Kier alpha value is -1.61. The molecule has 0 radical (unpaired) electrons. The summed E-state index contributed by atoms with van der Waals surface area (Å²) in [4.78, 5) is 4.49. The van der Waals surface area contributed by atoms with Crippen molar-refractivity contribution in [3.63, 3.8) is 0 Å². The van der Waals surface area contributed by atoms with Gasteiger partial charge >= 0.3 is 0 Å². The molecule has 0 bridgehead atoms. The van der Waals surface area contributed by atoms with Gasteiger partial charge in [-0.3, -0.25) is 0 Å². The second-order valence-electron chi connectivity index (χ2n) is 5.85. The molecule has 0 saturated heterocycles. The van der Waals surface area contributed by atoms with E-state index in [0.717, 1.165) is 41.0 Å². The molecule has 1 saturated carbocycles. The largest absolute Gasteiger partial charge is 0.474 e. The highest BCUT2D eigenvalue weighted by Gasteiger charge is 2.21. The Morgan fingerprint density at radius 2 is 2.05 bits per heavy atom. The Morgan fingerprint density at radius 3 is 2.80 bits per heavy atom. The second kappa shape index (κ2) is 5.80. The van der Waals surface area contributed by atoms with Gasteiger partial charge in [-0.25, -0.2) is 4.98 Å². The van der Waals surface area contributed by atoms with Crippen LogP contribution in [-0.4, -0.2) is 11.1 Å². The standard InChI is InChI=1S/C17H22N2O/c1-12-5-4-6-14(9-12)20-17-16-8-3-2-7-15(16)13(10-18)11-19-17/h2-3,7-8,11-12,14H,4-6,9-10,18H2,1H3. The van der Waals surface area contributed by atoms with Crippen LogP contribution < -0.4 is 10.5 Å². The number of benzene rings is 1. The zero-order valence-corrected chi connectivity index (χ0v) is 12.0. The summed E-state index contributed by atoms with van der Waals surface area (Å²) in [6.45, 7) is 2.81. The van der Waals surface area contributed by atoms with E-state index < -0.39 is 0 Å². The second-order valence-corrected chi connectivity index (χ2v) is 5.85. The summed E-state index contributed by atoms with van der Waals surface area (Å²) in [5.41, 5.74) is 6.86. The molecular formula is C17H22N2O. The summed E-state index contributed by atoms with van der Waals surface area (Å²) < 4.78 is 6.19. The van der Waals surface area contributed by atoms with Crippen LogP contribution >= 0.6 is 0 Å². The van der Waals surface area contributed by atoms with E-state index in [4.69, 9.17) is 10.5 Å². The highest BCUT2D eigenvalue weighted by Crippen LogP contribution is 2.31. The number of pyridine rings is 1. The van der Waals surface area contributed by atoms with Crippen LogP contribution in [-0.2, 0) is 6.54 Å². The van der Waals surface area contributed by atoms with E-state index in [1.165, 1.54) is 12.8 Å². The van der Waals surface area contributed by atoms with Gasteiger partial charge in [-0.05, 0) is 42.2 Å². The average molecular weight is 270 g/mol. The third-order valence-electron chi connectivity index (χ3n) is 4.23. The van der Waals surface area contributed by atoms with Crippen LogP contribution in [0.15, 0.2) is 30.5 Å². The lowest BCUT2D eigenvalue weighted by molar-refractivity contribution is 0.126. The molecule has 0 spiro atoms. The van der Waals surface area contributed by atoms with E-state index in [0.29, 0.717) is 12.6 Å². The van der Waals surface area contributed by atoms with Crippen LogP contribution in [0.1, 0.15) is 38.2 Å². The Bertz CT molecular complexity index is 597. The van der Waals surface area contributed by atoms with Crippen molar-refractivity contribution in [1.82, 2.24) is 4.98 Å². The van der Waals surface area contributed by atoms with E-state index >= 15 is 0 Å². The monoisotopic (exact) mass is 270 g/mol. The smallest absolute Gasteiger partial charge is 0.221 e. The Morgan fingerprint density at radius 1 is 1.25 bits per heavy atom. The van der Waals surface area contributed by atoms with Crippen molar-refractivity contribution < 1.29 is 4.74 Å². The molecule has 2 atom stereocenters. The van der Waals surface area contributed by atoms with Gasteiger partial charge < -0.3 is 10.5 Å². The first-order valence-corrected chi connectivity index (χ1v) is 7.51. The van der Waals surface area contributed by atoms with Gasteiger partial charge in [0.05, 0.1) is 0 Å². The first-order chi connectivity index (χ1) is 9.78. The van der Waals surface area contributed by atoms with Gasteiger partial charge in [-0.2, -0.15) is 0 Å². The summed E-state index contributed by atoms with van der Waals surface area (Å²) >= 11 is 0. The van der Waals surface area contributed by atoms with E-state index in [2.05, 4.69) is 24.0 Å². The average Bonchev–Trinajstić information content (AvgIpc) is 2.48. The molecule has 1 aliphatic carbocycles. The number of hydrogen-bond donors (Lipinski definition) is 1. The van der Waals surface area contributed by atoms with E-state index in [1.807, 2.05) is 18.3 Å². The lowest BCUT2D eigenvalue weighted by atomic mass is 9.89. The molecule has 3 nitrogen and oxygen atoms in total. The van der Waals surface area contributed by atoms with Gasteiger partial charge in [0.25, 0.3) is 0 Å². The van der Waals surface area contributed by atoms with Crippen LogP contribution in [0.3, 0.4) is 0 Å². The van der Waals surface area contributed by atoms with Gasteiger partial charge in [0.15, 0.2) is 0 Å². The summed E-state index contributed by atoms with van der Waals surface area (Å²) in [5.74, 6) is 1.51. The topological polar surface area (TPSA) is 48.1 Å². The number of nitrogens with two attached hydrogens (primary N) is 1. The minimum Gasteiger partial charge on any atom is -0.474 e. The molecule has 1 heterocycles. The fraction of sp³-hybridized carbons (Fsp3) is 0.471. The van der Waals surface area contributed by atoms with Crippen LogP contribution in [0.25, 0.3) is 10.8 Å². The van der Waals surface area contributed by atoms with Crippen LogP contribution in [0.5, 0.6) is 5.88 Å². The molecule has 0 aliphatic heterocycles. The molecular weight excluding hydrogens is 248 g/mol. The zero-order valence-electron chi connectivity index (χ0n) is 12.0. The molecule has 2 N–H and O–H groups in total. The van der Waals surface area contributed by atoms with Crippen LogP contribution in [0, 0.1) is 5.92 Å². The molecule has 1 fully saturated rings. The molecule has 3 rings (SSSR count). The van der Waals surface area contributed by atoms with Crippen molar-refractivity contribution in [3.05, 3.63) is 36.0 Å². The van der Waals surface area contributed by atoms with Crippen molar-refractivity contribution in [2.75, 3.05) is 0 Å². The fourth-order valence-electron chi connectivity index (χ4n) is 3.13. The Balaban J connectivity index is 1.92. The number of aromatic nitrogens is 1. The van der Waals surface area contributed by atoms with Crippen molar-refractivity contribution >= 4 is 10.8 Å². The molecule has 106 valence electrons. The van der Waals surface area contributed by atoms with Crippen molar-refractivity contribution in [2.45, 2.75) is 45.3 Å². The third kappa shape index (κ3) is 2.63. The van der Waals surface area contributed by atoms with Gasteiger partial charge in [-0.1, -0.05) is 31.5 Å². The summed E-state index contributed by atoms with van der Waals surface area (Å²) in [5, 5.41) is 2.23. The molecule has 2 unspecified atom stereocenters. The predicted octanol–water partition coefficient (Wildman–Crippen LogP) is 3.65. The lowest BCUT2D eigenvalue weighted by Gasteiger charge is -2.27. The highest BCUT2D eigenvalue weighted by atomic mass is 16.5. The Labute approximate surface area is 120 Å². The number of hydrogen-bond acceptors (Lipinski definition) is 3. The molecule has 20 heavy (non-hydrogen) atoms. The van der Waals surface area contributed by atoms with Crippen molar-refractivity contribution in [1.29, 1.82) is 0 Å². The first kappa shape index (κ1) is 13.4. The number of fused-ring (bicyclic) bond motifs is 1. The zero-order chi connectivity index (χ0) is 13.9. The number of rotatable bonds is 3. The quantitative estimate of drug-likeness (QED) is 0.926. The summed E-state index contributed by atoms with van der Waals surface area (Å²) in [6.07, 6.45) is 7.00. The van der Waals surface area contributed by atoms with Crippen LogP contribution in [0.2, 0.25) is 0 Å². The first-order valence-electron chi connectivity index (χ1n) is 7.51. The Kier molecular flexibility index (Phi) is 3.88. The highest BCUT2D eigenvalue weighted by molar-refractivity contribution is 5.89. The molecule has 3 heteroatoms. The SMILES string of the molecule is CC1CCCC(Oc2ncc(CN)c3ccccc23)C1. The molecule has 1 aliphatic rings. The van der Waals surface area contributed by atoms with E-state index in [1.54, 1.807) is 0 Å². The van der Waals surface area contributed by atoms with Crippen LogP contribution in [0.4, 0.5) is 0 Å². The maximum Gasteiger partial charge on any atom is 0.221 e. The van der Waals surface area contributed by atoms with Gasteiger partial charge in [0.2, 0.25) is 5.88 Å². The van der Waals surface area contributed by atoms with Crippen molar-refractivity contribution in [3.8, 4) is 5.88 Å². The van der Waals surface area contributed by atoms with Gasteiger partial charge in [-0.15, -0.1) is 0 Å². The summed E-state index contributed by atoms with van der Waals surface area (Å²) in [6, 6.07) is 8.23. The molecule has 0 amide bonds.